The van der Waals surface area contributed by atoms with Crippen LogP contribution >= 0.6 is 0 Å². The van der Waals surface area contributed by atoms with Gasteiger partial charge in [0.15, 0.2) is 0 Å². The van der Waals surface area contributed by atoms with Crippen LogP contribution < -0.4 is 15.8 Å². The van der Waals surface area contributed by atoms with E-state index >= 15 is 0 Å². The molecule has 0 saturated carbocycles. The predicted molar refractivity (Wildman–Crippen MR) is 113 cm³/mol. The van der Waals surface area contributed by atoms with Crippen LogP contribution in [0.4, 0.5) is 18.9 Å². The maximum absolute atomic E-state index is 12.6. The van der Waals surface area contributed by atoms with Crippen molar-refractivity contribution in [2.45, 2.75) is 19.8 Å². The maximum Gasteiger partial charge on any atom is 0.573 e. The number of rotatable bonds is 6. The van der Waals surface area contributed by atoms with Crippen molar-refractivity contribution in [2.75, 3.05) is 38.5 Å². The summed E-state index contributed by atoms with van der Waals surface area (Å²) in [5.41, 5.74) is 9.27. The molecule has 162 valence electrons. The minimum atomic E-state index is -4.75. The van der Waals surface area contributed by atoms with E-state index in [0.29, 0.717) is 16.8 Å². The molecule has 8 heteroatoms. The summed E-state index contributed by atoms with van der Waals surface area (Å²) < 4.78 is 41.8. The first-order valence-electron chi connectivity index (χ1n) is 9.78. The van der Waals surface area contributed by atoms with Gasteiger partial charge in [0.2, 0.25) is 0 Å². The molecule has 2 aromatic carbocycles. The zero-order valence-electron chi connectivity index (χ0n) is 17.2. The predicted octanol–water partition coefficient (Wildman–Crippen LogP) is 4.01. The third-order valence-electron chi connectivity index (χ3n) is 5.07. The van der Waals surface area contributed by atoms with Gasteiger partial charge in [-0.25, -0.2) is 0 Å². The van der Waals surface area contributed by atoms with Crippen molar-refractivity contribution in [1.82, 2.24) is 9.80 Å². The molecule has 1 heterocycles. The average Bonchev–Trinajstić information content (AvgIpc) is 2.69. The Bertz CT molecular complexity index is 890. The lowest BCUT2D eigenvalue weighted by Crippen LogP contribution is -2.43. The maximum atomic E-state index is 12.6. The number of halogens is 3. The molecule has 30 heavy (non-hydrogen) atoms. The van der Waals surface area contributed by atoms with E-state index in [-0.39, 0.29) is 5.75 Å². The number of aryl methyl sites for hydroxylation is 1. The van der Waals surface area contributed by atoms with Crippen molar-refractivity contribution in [3.63, 3.8) is 0 Å². The second kappa shape index (κ2) is 9.40. The van der Waals surface area contributed by atoms with E-state index in [1.165, 1.54) is 11.6 Å². The molecule has 0 spiro atoms. The van der Waals surface area contributed by atoms with Crippen molar-refractivity contribution >= 4 is 11.4 Å². The van der Waals surface area contributed by atoms with Gasteiger partial charge in [0.1, 0.15) is 5.75 Å². The lowest BCUT2D eigenvalue weighted by molar-refractivity contribution is -0.274. The van der Waals surface area contributed by atoms with Gasteiger partial charge in [-0.05, 0) is 43.3 Å². The fourth-order valence-corrected chi connectivity index (χ4v) is 3.28. The highest BCUT2D eigenvalue weighted by atomic mass is 19.4. The Labute approximate surface area is 174 Å². The first-order chi connectivity index (χ1) is 14.2. The normalized spacial score (nSPS) is 16.5. The van der Waals surface area contributed by atoms with Crippen molar-refractivity contribution in [3.05, 3.63) is 65.4 Å². The van der Waals surface area contributed by atoms with Crippen LogP contribution in [0.1, 0.15) is 16.7 Å². The van der Waals surface area contributed by atoms with Gasteiger partial charge in [0.25, 0.3) is 0 Å². The number of piperazine rings is 1. The number of nitrogens with two attached hydrogens (primary N) is 1. The SMILES string of the molecule is Cc1ccc(/C(N)=C/Nc2cccc(CN3CCN(C)CC3)c2)cc1OC(F)(F)F. The summed E-state index contributed by atoms with van der Waals surface area (Å²) in [4.78, 5) is 4.73. The van der Waals surface area contributed by atoms with Crippen molar-refractivity contribution in [3.8, 4) is 5.75 Å². The van der Waals surface area contributed by atoms with Crippen LogP contribution in [0.25, 0.3) is 5.70 Å². The molecule has 1 aliphatic heterocycles. The van der Waals surface area contributed by atoms with Crippen molar-refractivity contribution in [2.24, 2.45) is 5.73 Å². The summed E-state index contributed by atoms with van der Waals surface area (Å²) in [7, 11) is 2.13. The Morgan fingerprint density at radius 2 is 1.87 bits per heavy atom. The van der Waals surface area contributed by atoms with Gasteiger partial charge < -0.3 is 20.7 Å². The number of nitrogens with zero attached hydrogens (tertiary/aromatic N) is 2. The summed E-state index contributed by atoms with van der Waals surface area (Å²) in [6, 6.07) is 12.5. The van der Waals surface area contributed by atoms with Crippen molar-refractivity contribution in [1.29, 1.82) is 0 Å². The molecule has 0 amide bonds. The van der Waals surface area contributed by atoms with Gasteiger partial charge in [0.05, 0.1) is 5.70 Å². The molecule has 3 rings (SSSR count). The number of anilines is 1. The minimum absolute atomic E-state index is 0.259. The van der Waals surface area contributed by atoms with E-state index in [9.17, 15) is 13.2 Å². The standard InChI is InChI=1S/C22H27F3N4O/c1-16-6-7-18(13-21(16)30-22(23,24)25)20(26)14-27-19-5-3-4-17(12-19)15-29-10-8-28(2)9-11-29/h3-7,12-14,27H,8-11,15,26H2,1-2H3/b20-14-. The molecule has 0 atom stereocenters. The Morgan fingerprint density at radius 3 is 2.57 bits per heavy atom. The fraction of sp³-hybridized carbons (Fsp3) is 0.364. The van der Waals surface area contributed by atoms with E-state index in [1.807, 2.05) is 12.1 Å². The van der Waals surface area contributed by atoms with E-state index < -0.39 is 6.36 Å². The number of nitrogens with one attached hydrogen (secondary N) is 1. The van der Waals surface area contributed by atoms with Crippen LogP contribution in [0.15, 0.2) is 48.7 Å². The molecule has 0 aliphatic carbocycles. The lowest BCUT2D eigenvalue weighted by atomic mass is 10.1. The zero-order chi connectivity index (χ0) is 21.7. The lowest BCUT2D eigenvalue weighted by Gasteiger charge is -2.32. The van der Waals surface area contributed by atoms with Gasteiger partial charge >= 0.3 is 6.36 Å². The van der Waals surface area contributed by atoms with Gasteiger partial charge in [-0.15, -0.1) is 13.2 Å². The third kappa shape index (κ3) is 6.40. The smallest absolute Gasteiger partial charge is 0.405 e. The molecule has 0 radical (unpaired) electrons. The second-order valence-corrected chi connectivity index (χ2v) is 7.55. The first kappa shape index (κ1) is 22.0. The fourth-order valence-electron chi connectivity index (χ4n) is 3.28. The first-order valence-corrected chi connectivity index (χ1v) is 9.78. The number of benzene rings is 2. The molecule has 0 aromatic heterocycles. The quantitative estimate of drug-likeness (QED) is 0.740. The molecular weight excluding hydrogens is 393 g/mol. The molecule has 0 bridgehead atoms. The summed E-state index contributed by atoms with van der Waals surface area (Å²) in [6.07, 6.45) is -3.17. The highest BCUT2D eigenvalue weighted by Crippen LogP contribution is 2.28. The van der Waals surface area contributed by atoms with E-state index in [1.54, 1.807) is 25.3 Å². The molecule has 2 aromatic rings. The van der Waals surface area contributed by atoms with Crippen LogP contribution in [0.5, 0.6) is 5.75 Å². The summed E-state index contributed by atoms with van der Waals surface area (Å²) in [5.74, 6) is -0.259. The van der Waals surface area contributed by atoms with Crippen LogP contribution in [-0.2, 0) is 6.54 Å². The Morgan fingerprint density at radius 1 is 1.13 bits per heavy atom. The van der Waals surface area contributed by atoms with Gasteiger partial charge in [-0.1, -0.05) is 24.3 Å². The van der Waals surface area contributed by atoms with Gasteiger partial charge in [-0.3, -0.25) is 4.90 Å². The Hall–Kier alpha value is -2.71. The molecule has 0 unspecified atom stereocenters. The van der Waals surface area contributed by atoms with E-state index in [4.69, 9.17) is 5.73 Å². The number of hydrogen-bond acceptors (Lipinski definition) is 5. The van der Waals surface area contributed by atoms with Crippen LogP contribution in [0.3, 0.4) is 0 Å². The Balaban J connectivity index is 1.66. The number of likely N-dealkylation sites (N-methyl/N-ethyl adjacent to an activating group) is 1. The van der Waals surface area contributed by atoms with Gasteiger partial charge in [0, 0.05) is 50.2 Å². The Kier molecular flexibility index (Phi) is 6.89. The number of alkyl halides is 3. The monoisotopic (exact) mass is 420 g/mol. The molecule has 3 N–H and O–H groups in total. The zero-order valence-corrected chi connectivity index (χ0v) is 17.2. The minimum Gasteiger partial charge on any atom is -0.405 e. The highest BCUT2D eigenvalue weighted by molar-refractivity contribution is 5.67. The molecule has 1 fully saturated rings. The van der Waals surface area contributed by atoms with Crippen LogP contribution in [0.2, 0.25) is 0 Å². The summed E-state index contributed by atoms with van der Waals surface area (Å²) in [6.45, 7) is 6.63. The van der Waals surface area contributed by atoms with Crippen LogP contribution in [-0.4, -0.2) is 49.4 Å². The summed E-state index contributed by atoms with van der Waals surface area (Å²) >= 11 is 0. The largest absolute Gasteiger partial charge is 0.573 e. The molecule has 1 aliphatic rings. The van der Waals surface area contributed by atoms with E-state index in [0.717, 1.165) is 38.4 Å². The van der Waals surface area contributed by atoms with Crippen molar-refractivity contribution < 1.29 is 17.9 Å². The average molecular weight is 420 g/mol. The summed E-state index contributed by atoms with van der Waals surface area (Å²) in [5, 5.41) is 3.13. The van der Waals surface area contributed by atoms with E-state index in [2.05, 4.69) is 39.0 Å². The number of hydrogen-bond donors (Lipinski definition) is 2. The van der Waals surface area contributed by atoms with Gasteiger partial charge in [-0.2, -0.15) is 0 Å². The highest BCUT2D eigenvalue weighted by Gasteiger charge is 2.31. The second-order valence-electron chi connectivity index (χ2n) is 7.55. The molecule has 1 saturated heterocycles. The van der Waals surface area contributed by atoms with Crippen LogP contribution in [0, 0.1) is 6.92 Å². The third-order valence-corrected chi connectivity index (χ3v) is 5.07. The number of ether oxygens (including phenoxy) is 1. The molecule has 5 nitrogen and oxygen atoms in total. The topological polar surface area (TPSA) is 53.8 Å². The molecular formula is C22H27F3N4O.